The van der Waals surface area contributed by atoms with Crippen LogP contribution in [0.5, 0.6) is 0 Å². The van der Waals surface area contributed by atoms with Gasteiger partial charge in [0.2, 0.25) is 5.91 Å². The summed E-state index contributed by atoms with van der Waals surface area (Å²) in [5, 5.41) is 11.1. The Morgan fingerprint density at radius 3 is 2.18 bits per heavy atom. The summed E-state index contributed by atoms with van der Waals surface area (Å²) in [5.74, 6) is -1.97. The summed E-state index contributed by atoms with van der Waals surface area (Å²) in [6.07, 6.45) is 6.57. The molecule has 0 bridgehead atoms. The molecule has 1 saturated heterocycles. The van der Waals surface area contributed by atoms with Crippen LogP contribution < -0.4 is 5.32 Å². The molecule has 7 heteroatoms. The van der Waals surface area contributed by atoms with Crippen molar-refractivity contribution in [3.63, 3.8) is 0 Å². The van der Waals surface area contributed by atoms with Crippen LogP contribution in [0.4, 0.5) is 0 Å². The average molecular weight is 331 g/mol. The number of rotatable bonds is 3. The molecule has 1 amide bonds. The molecule has 3 atom stereocenters. The number of carboxylic acids is 1. The Hall–Kier alpha value is -1.11. The summed E-state index contributed by atoms with van der Waals surface area (Å²) in [5.41, 5.74) is 0. The Morgan fingerprint density at radius 2 is 1.55 bits per heavy atom. The first-order valence-corrected chi connectivity index (χ1v) is 9.88. The third-order valence-electron chi connectivity index (χ3n) is 4.78. The quantitative estimate of drug-likeness (QED) is 0.816. The highest BCUT2D eigenvalue weighted by atomic mass is 32.2. The van der Waals surface area contributed by atoms with Crippen molar-refractivity contribution in [1.29, 1.82) is 0 Å². The van der Waals surface area contributed by atoms with Crippen LogP contribution in [0.15, 0.2) is 0 Å². The average Bonchev–Trinajstić information content (AvgIpc) is 2.40. The summed E-state index contributed by atoms with van der Waals surface area (Å²) >= 11 is 0. The maximum Gasteiger partial charge on any atom is 0.308 e. The number of aliphatic carboxylic acids is 1. The Morgan fingerprint density at radius 1 is 0.909 bits per heavy atom. The normalized spacial score (nSPS) is 32.5. The minimum atomic E-state index is -3.39. The van der Waals surface area contributed by atoms with E-state index in [0.29, 0.717) is 25.7 Å². The van der Waals surface area contributed by atoms with Gasteiger partial charge in [0.05, 0.1) is 11.7 Å². The molecule has 2 rings (SSSR count). The first-order valence-electron chi connectivity index (χ1n) is 8.16. The molecule has 2 N–H and O–H groups in total. The highest BCUT2D eigenvalue weighted by molar-refractivity contribution is 7.92. The Kier molecular flexibility index (Phi) is 5.83. The first-order chi connectivity index (χ1) is 10.4. The highest BCUT2D eigenvalue weighted by Crippen LogP contribution is 2.25. The van der Waals surface area contributed by atoms with E-state index in [9.17, 15) is 23.1 Å². The lowest BCUT2D eigenvalue weighted by Crippen LogP contribution is -2.50. The molecule has 0 spiro atoms. The fourth-order valence-electron chi connectivity index (χ4n) is 3.48. The van der Waals surface area contributed by atoms with Gasteiger partial charge in [-0.3, -0.25) is 9.59 Å². The van der Waals surface area contributed by atoms with Crippen molar-refractivity contribution >= 4 is 21.7 Å². The summed E-state index contributed by atoms with van der Waals surface area (Å²) in [6.45, 7) is 0. The van der Waals surface area contributed by atoms with Gasteiger partial charge in [0.25, 0.3) is 0 Å². The molecular weight excluding hydrogens is 306 g/mol. The zero-order valence-corrected chi connectivity index (χ0v) is 13.6. The van der Waals surface area contributed by atoms with Gasteiger partial charge in [-0.15, -0.1) is 0 Å². The lowest BCUT2D eigenvalue weighted by Gasteiger charge is -2.29. The number of carbonyl (C=O) groups excluding carboxylic acids is 1. The molecule has 126 valence electrons. The summed E-state index contributed by atoms with van der Waals surface area (Å²) < 4.78 is 24.1. The van der Waals surface area contributed by atoms with E-state index < -0.39 is 38.9 Å². The Labute approximate surface area is 131 Å². The molecule has 1 aliphatic carbocycles. The fourth-order valence-corrected chi connectivity index (χ4v) is 5.29. The van der Waals surface area contributed by atoms with Crippen LogP contribution in [0.3, 0.4) is 0 Å². The maximum absolute atomic E-state index is 12.4. The second kappa shape index (κ2) is 7.44. The molecule has 2 fully saturated rings. The number of hydrogen-bond acceptors (Lipinski definition) is 4. The Balaban J connectivity index is 2.07. The van der Waals surface area contributed by atoms with Gasteiger partial charge in [-0.05, 0) is 25.7 Å². The number of carbonyl (C=O) groups is 2. The molecule has 2 aliphatic rings. The predicted molar refractivity (Wildman–Crippen MR) is 82.2 cm³/mol. The molecule has 1 saturated carbocycles. The van der Waals surface area contributed by atoms with Crippen molar-refractivity contribution in [2.24, 2.45) is 5.92 Å². The lowest BCUT2D eigenvalue weighted by molar-refractivity contribution is -0.143. The highest BCUT2D eigenvalue weighted by Gasteiger charge is 2.37. The molecule has 0 aromatic carbocycles. The molecule has 3 unspecified atom stereocenters. The van der Waals surface area contributed by atoms with Crippen molar-refractivity contribution in [2.45, 2.75) is 69.1 Å². The van der Waals surface area contributed by atoms with E-state index in [4.69, 9.17) is 0 Å². The molecule has 0 radical (unpaired) electrons. The van der Waals surface area contributed by atoms with Crippen LogP contribution in [0.25, 0.3) is 0 Å². The van der Waals surface area contributed by atoms with Crippen molar-refractivity contribution in [1.82, 2.24) is 5.32 Å². The largest absolute Gasteiger partial charge is 0.481 e. The second-order valence-corrected chi connectivity index (χ2v) is 8.71. The fraction of sp³-hybridized carbons (Fsp3) is 0.867. The topological polar surface area (TPSA) is 101 Å². The summed E-state index contributed by atoms with van der Waals surface area (Å²) in [4.78, 5) is 23.8. The van der Waals surface area contributed by atoms with E-state index in [0.717, 1.165) is 32.1 Å². The molecule has 0 aromatic heterocycles. The molecule has 1 heterocycles. The van der Waals surface area contributed by atoms with Crippen LogP contribution in [-0.2, 0) is 19.4 Å². The van der Waals surface area contributed by atoms with Crippen molar-refractivity contribution in [3.8, 4) is 0 Å². The summed E-state index contributed by atoms with van der Waals surface area (Å²) in [6, 6.07) is -0.456. The van der Waals surface area contributed by atoms with Gasteiger partial charge in [-0.1, -0.05) is 32.1 Å². The van der Waals surface area contributed by atoms with E-state index in [1.54, 1.807) is 0 Å². The second-order valence-electron chi connectivity index (χ2n) is 6.40. The van der Waals surface area contributed by atoms with E-state index in [1.807, 2.05) is 0 Å². The van der Waals surface area contributed by atoms with Crippen molar-refractivity contribution < 1.29 is 23.1 Å². The minimum Gasteiger partial charge on any atom is -0.481 e. The van der Waals surface area contributed by atoms with Gasteiger partial charge < -0.3 is 10.4 Å². The standard InChI is InChI=1S/C15H25NO5S/c17-14(13-9-5-6-10-22(13,20)21)16-12-8-4-2-1-3-7-11(12)15(18)19/h11-13H,1-10H2,(H,16,17)(H,18,19). The first kappa shape index (κ1) is 17.2. The zero-order chi connectivity index (χ0) is 16.2. The van der Waals surface area contributed by atoms with E-state index in [-0.39, 0.29) is 5.75 Å². The SMILES string of the molecule is O=C(O)C1CCCCCCC1NC(=O)C1CCCCS1(=O)=O. The van der Waals surface area contributed by atoms with Crippen LogP contribution in [0.2, 0.25) is 0 Å². The van der Waals surface area contributed by atoms with Gasteiger partial charge in [-0.25, -0.2) is 8.42 Å². The van der Waals surface area contributed by atoms with Gasteiger partial charge in [0.1, 0.15) is 5.25 Å². The van der Waals surface area contributed by atoms with Gasteiger partial charge >= 0.3 is 5.97 Å². The van der Waals surface area contributed by atoms with Crippen molar-refractivity contribution in [2.75, 3.05) is 5.75 Å². The van der Waals surface area contributed by atoms with Gasteiger partial charge in [-0.2, -0.15) is 0 Å². The third kappa shape index (κ3) is 4.21. The van der Waals surface area contributed by atoms with Crippen LogP contribution >= 0.6 is 0 Å². The number of sulfone groups is 1. The number of nitrogens with one attached hydrogen (secondary N) is 1. The lowest BCUT2D eigenvalue weighted by atomic mass is 9.86. The number of carboxylic acid groups (broad SMARTS) is 1. The maximum atomic E-state index is 12.4. The predicted octanol–water partition coefficient (Wildman–Crippen LogP) is 1.49. The molecule has 0 aromatic rings. The van der Waals surface area contributed by atoms with Gasteiger partial charge in [0, 0.05) is 6.04 Å². The third-order valence-corrected chi connectivity index (χ3v) is 6.96. The van der Waals surface area contributed by atoms with Crippen LogP contribution in [-0.4, -0.2) is 42.4 Å². The van der Waals surface area contributed by atoms with Crippen LogP contribution in [0.1, 0.15) is 57.8 Å². The zero-order valence-electron chi connectivity index (χ0n) is 12.8. The van der Waals surface area contributed by atoms with E-state index in [1.165, 1.54) is 0 Å². The minimum absolute atomic E-state index is 0.0537. The van der Waals surface area contributed by atoms with E-state index in [2.05, 4.69) is 5.32 Å². The van der Waals surface area contributed by atoms with E-state index >= 15 is 0 Å². The van der Waals surface area contributed by atoms with Gasteiger partial charge in [0.15, 0.2) is 9.84 Å². The number of amides is 1. The number of hydrogen-bond donors (Lipinski definition) is 2. The Bertz CT molecular complexity index is 516. The molecule has 6 nitrogen and oxygen atoms in total. The summed E-state index contributed by atoms with van der Waals surface area (Å²) in [7, 11) is -3.39. The molecule has 1 aliphatic heterocycles. The smallest absolute Gasteiger partial charge is 0.308 e. The van der Waals surface area contributed by atoms with Crippen molar-refractivity contribution in [3.05, 3.63) is 0 Å². The molecular formula is C15H25NO5S. The molecule has 22 heavy (non-hydrogen) atoms. The van der Waals surface area contributed by atoms with Crippen LogP contribution in [0, 0.1) is 5.92 Å². The monoisotopic (exact) mass is 331 g/mol.